The zero-order chi connectivity index (χ0) is 18.2. The average molecular weight is 346 g/mol. The number of hydrogen-bond donors (Lipinski definition) is 2. The molecule has 4 nitrogen and oxygen atoms in total. The van der Waals surface area contributed by atoms with Crippen molar-refractivity contribution in [1.29, 1.82) is 0 Å². The predicted octanol–water partition coefficient (Wildman–Crippen LogP) is 3.44. The number of fused-ring (bicyclic) bond motifs is 1. The Morgan fingerprint density at radius 1 is 1.52 bits per heavy atom. The molecule has 0 saturated carbocycles. The number of allylic oxidation sites excluding steroid dienone is 2. The van der Waals surface area contributed by atoms with Gasteiger partial charge in [-0.25, -0.2) is 0 Å². The van der Waals surface area contributed by atoms with Gasteiger partial charge in [0.25, 0.3) is 0 Å². The van der Waals surface area contributed by atoms with Crippen molar-refractivity contribution in [1.82, 2.24) is 0 Å². The fourth-order valence-corrected chi connectivity index (χ4v) is 4.46. The molecule has 4 heteroatoms. The monoisotopic (exact) mass is 346 g/mol. The summed E-state index contributed by atoms with van der Waals surface area (Å²) in [5, 5.41) is 19.0. The molecule has 0 aromatic rings. The maximum atomic E-state index is 12.4. The largest absolute Gasteiger partial charge is 0.491 e. The Balaban J connectivity index is 1.73. The predicted molar refractivity (Wildman–Crippen MR) is 96.8 cm³/mol. The van der Waals surface area contributed by atoms with Gasteiger partial charge in [0, 0.05) is 24.3 Å². The van der Waals surface area contributed by atoms with E-state index >= 15 is 0 Å². The summed E-state index contributed by atoms with van der Waals surface area (Å²) in [6.45, 7) is 6.46. The molecule has 138 valence electrons. The van der Waals surface area contributed by atoms with Gasteiger partial charge in [-0.05, 0) is 45.4 Å². The van der Waals surface area contributed by atoms with E-state index in [-0.39, 0.29) is 23.9 Å². The highest BCUT2D eigenvalue weighted by molar-refractivity contribution is 6.00. The van der Waals surface area contributed by atoms with Crippen molar-refractivity contribution in [2.45, 2.75) is 71.0 Å². The van der Waals surface area contributed by atoms with E-state index in [0.717, 1.165) is 36.2 Å². The lowest BCUT2D eigenvalue weighted by Crippen LogP contribution is -2.43. The molecule has 2 N–H and O–H groups in total. The van der Waals surface area contributed by atoms with Gasteiger partial charge in [-0.15, -0.1) is 0 Å². The maximum Gasteiger partial charge on any atom is 0.190 e. The first kappa shape index (κ1) is 18.4. The summed E-state index contributed by atoms with van der Waals surface area (Å²) in [6, 6.07) is 0. The van der Waals surface area contributed by atoms with Crippen molar-refractivity contribution in [3.05, 3.63) is 34.6 Å². The second-order valence-corrected chi connectivity index (χ2v) is 8.09. The summed E-state index contributed by atoms with van der Waals surface area (Å²) in [5.41, 5.74) is 2.87. The third-order valence-corrected chi connectivity index (χ3v) is 6.14. The molecule has 2 aliphatic carbocycles. The number of carbonyl (C=O) groups excluding carboxylic acids is 1. The smallest absolute Gasteiger partial charge is 0.190 e. The van der Waals surface area contributed by atoms with Crippen LogP contribution in [-0.4, -0.2) is 34.3 Å². The molecule has 0 fully saturated rings. The number of aliphatic hydroxyl groups is 2. The van der Waals surface area contributed by atoms with Crippen molar-refractivity contribution >= 4 is 5.78 Å². The van der Waals surface area contributed by atoms with E-state index in [1.807, 2.05) is 6.92 Å². The first-order valence-corrected chi connectivity index (χ1v) is 9.45. The molecule has 3 rings (SSSR count). The Labute approximate surface area is 150 Å². The number of Topliss-reactive ketones (excluding diaryl/α,β-unsaturated/α-hetero) is 1. The van der Waals surface area contributed by atoms with Crippen molar-refractivity contribution in [2.75, 3.05) is 6.61 Å². The van der Waals surface area contributed by atoms with Gasteiger partial charge >= 0.3 is 0 Å². The van der Waals surface area contributed by atoms with Crippen LogP contribution >= 0.6 is 0 Å². The highest BCUT2D eigenvalue weighted by Crippen LogP contribution is 2.51. The Bertz CT molecular complexity index is 642. The second kappa shape index (κ2) is 7.08. The standard InChI is InChI=1S/C21H30O4/c1-13(12-22)5-4-6-14(2)15-9-10-21(3)17(15)11-16-19(25-21)8-7-18(23)20(16)24/h5,9,14,17-18,22-23H,4,6-8,10-12H2,1-3H3/b13-5+/t14-,17-,18+,21+/m1/s1. The minimum atomic E-state index is -0.857. The fourth-order valence-electron chi connectivity index (χ4n) is 4.46. The number of ketones is 1. The number of hydrogen-bond acceptors (Lipinski definition) is 4. The summed E-state index contributed by atoms with van der Waals surface area (Å²) >= 11 is 0. The first-order chi connectivity index (χ1) is 11.9. The Kier molecular flexibility index (Phi) is 5.21. The minimum absolute atomic E-state index is 0.118. The fraction of sp³-hybridized carbons (Fsp3) is 0.667. The zero-order valence-corrected chi connectivity index (χ0v) is 15.5. The summed E-state index contributed by atoms with van der Waals surface area (Å²) < 4.78 is 6.31. The van der Waals surface area contributed by atoms with Crippen LogP contribution in [0.15, 0.2) is 34.6 Å². The summed E-state index contributed by atoms with van der Waals surface area (Å²) in [7, 11) is 0. The van der Waals surface area contributed by atoms with Gasteiger partial charge in [0.1, 0.15) is 17.5 Å². The average Bonchev–Trinajstić information content (AvgIpc) is 2.93. The van der Waals surface area contributed by atoms with Crippen LogP contribution in [0.25, 0.3) is 0 Å². The number of aliphatic hydroxyl groups excluding tert-OH is 2. The normalized spacial score (nSPS) is 33.6. The van der Waals surface area contributed by atoms with E-state index in [1.54, 1.807) is 0 Å². The second-order valence-electron chi connectivity index (χ2n) is 8.09. The quantitative estimate of drug-likeness (QED) is 0.748. The molecule has 0 aromatic carbocycles. The van der Waals surface area contributed by atoms with Crippen LogP contribution in [0, 0.1) is 11.8 Å². The lowest BCUT2D eigenvalue weighted by atomic mass is 9.74. The van der Waals surface area contributed by atoms with E-state index in [4.69, 9.17) is 9.84 Å². The Hall–Kier alpha value is -1.39. The van der Waals surface area contributed by atoms with Crippen LogP contribution in [-0.2, 0) is 9.53 Å². The van der Waals surface area contributed by atoms with Gasteiger partial charge in [0.05, 0.1) is 6.61 Å². The molecule has 0 spiro atoms. The van der Waals surface area contributed by atoms with Crippen molar-refractivity contribution < 1.29 is 19.7 Å². The molecule has 0 radical (unpaired) electrons. The van der Waals surface area contributed by atoms with Gasteiger partial charge in [0.15, 0.2) is 5.78 Å². The van der Waals surface area contributed by atoms with Crippen LogP contribution in [0.3, 0.4) is 0 Å². The summed E-state index contributed by atoms with van der Waals surface area (Å²) in [5.74, 6) is 1.32. The van der Waals surface area contributed by atoms with Crippen molar-refractivity contribution in [3.63, 3.8) is 0 Å². The lowest BCUT2D eigenvalue weighted by Gasteiger charge is -2.43. The molecule has 1 heterocycles. The van der Waals surface area contributed by atoms with Crippen LogP contribution in [0.1, 0.15) is 59.3 Å². The summed E-state index contributed by atoms with van der Waals surface area (Å²) in [6.07, 6.45) is 8.25. The molecule has 0 amide bonds. The zero-order valence-electron chi connectivity index (χ0n) is 15.5. The summed E-state index contributed by atoms with van der Waals surface area (Å²) in [4.78, 5) is 12.4. The molecular weight excluding hydrogens is 316 g/mol. The van der Waals surface area contributed by atoms with Gasteiger partial charge in [-0.2, -0.15) is 0 Å². The van der Waals surface area contributed by atoms with Crippen LogP contribution in [0.4, 0.5) is 0 Å². The highest BCUT2D eigenvalue weighted by atomic mass is 16.5. The first-order valence-electron chi connectivity index (χ1n) is 9.45. The SMILES string of the molecule is C/C(=C\CC[C@@H](C)C1=CC[C@]2(C)OC3=C(C[C@H]12)C(=O)[C@@H](O)CC3)CO. The molecule has 0 saturated heterocycles. The third-order valence-electron chi connectivity index (χ3n) is 6.14. The van der Waals surface area contributed by atoms with Crippen molar-refractivity contribution in [3.8, 4) is 0 Å². The number of ether oxygens (including phenoxy) is 1. The molecule has 1 aliphatic heterocycles. The molecule has 3 aliphatic rings. The van der Waals surface area contributed by atoms with Gasteiger partial charge in [-0.3, -0.25) is 4.79 Å². The van der Waals surface area contributed by atoms with Crippen LogP contribution < -0.4 is 0 Å². The van der Waals surface area contributed by atoms with E-state index < -0.39 is 6.10 Å². The van der Waals surface area contributed by atoms with Crippen LogP contribution in [0.2, 0.25) is 0 Å². The minimum Gasteiger partial charge on any atom is -0.491 e. The number of rotatable bonds is 5. The van der Waals surface area contributed by atoms with Gasteiger partial charge in [-0.1, -0.05) is 30.2 Å². The van der Waals surface area contributed by atoms with Crippen molar-refractivity contribution in [2.24, 2.45) is 11.8 Å². The molecular formula is C21H30O4. The number of carbonyl (C=O) groups is 1. The topological polar surface area (TPSA) is 66.8 Å². The van der Waals surface area contributed by atoms with E-state index in [9.17, 15) is 9.90 Å². The molecule has 4 atom stereocenters. The van der Waals surface area contributed by atoms with E-state index in [1.165, 1.54) is 5.57 Å². The molecule has 0 aromatic heterocycles. The van der Waals surface area contributed by atoms with Gasteiger partial charge < -0.3 is 14.9 Å². The van der Waals surface area contributed by atoms with Gasteiger partial charge in [0.2, 0.25) is 0 Å². The maximum absolute atomic E-state index is 12.4. The Morgan fingerprint density at radius 2 is 2.28 bits per heavy atom. The highest BCUT2D eigenvalue weighted by Gasteiger charge is 2.49. The lowest BCUT2D eigenvalue weighted by molar-refractivity contribution is -0.127. The molecule has 0 bridgehead atoms. The Morgan fingerprint density at radius 3 is 3.00 bits per heavy atom. The molecule has 25 heavy (non-hydrogen) atoms. The molecule has 0 unspecified atom stereocenters. The van der Waals surface area contributed by atoms with E-state index in [0.29, 0.717) is 25.2 Å². The van der Waals surface area contributed by atoms with E-state index in [2.05, 4.69) is 26.0 Å². The van der Waals surface area contributed by atoms with Crippen LogP contribution in [0.5, 0.6) is 0 Å². The third kappa shape index (κ3) is 3.47.